The molecule has 7 nitrogen and oxygen atoms in total. The van der Waals surface area contributed by atoms with E-state index in [1.807, 2.05) is 34.5 Å². The van der Waals surface area contributed by atoms with Crippen molar-refractivity contribution in [2.45, 2.75) is 56.9 Å². The average molecular weight is 481 g/mol. The van der Waals surface area contributed by atoms with E-state index in [2.05, 4.69) is 10.3 Å². The summed E-state index contributed by atoms with van der Waals surface area (Å²) in [6, 6.07) is 7.36. The van der Waals surface area contributed by atoms with E-state index in [4.69, 9.17) is 0 Å². The molecular formula is C26H32N4O3S. The predicted molar refractivity (Wildman–Crippen MR) is 130 cm³/mol. The second-order valence-corrected chi connectivity index (χ2v) is 10.7. The zero-order valence-corrected chi connectivity index (χ0v) is 20.3. The number of likely N-dealkylation sites (tertiary alicyclic amines) is 1. The van der Waals surface area contributed by atoms with Crippen LogP contribution in [0.2, 0.25) is 0 Å². The number of piperidine rings is 1. The predicted octanol–water partition coefficient (Wildman–Crippen LogP) is 3.95. The molecule has 180 valence electrons. The van der Waals surface area contributed by atoms with E-state index in [0.717, 1.165) is 36.1 Å². The van der Waals surface area contributed by atoms with Crippen molar-refractivity contribution in [2.75, 3.05) is 19.6 Å². The lowest BCUT2D eigenvalue weighted by atomic mass is 9.73. The Morgan fingerprint density at radius 2 is 1.88 bits per heavy atom. The van der Waals surface area contributed by atoms with Gasteiger partial charge in [-0.25, -0.2) is 4.79 Å². The van der Waals surface area contributed by atoms with Gasteiger partial charge in [0.2, 0.25) is 5.91 Å². The summed E-state index contributed by atoms with van der Waals surface area (Å²) in [4.78, 5) is 48.8. The Morgan fingerprint density at radius 3 is 2.56 bits per heavy atom. The Labute approximate surface area is 204 Å². The quantitative estimate of drug-likeness (QED) is 0.635. The number of pyridine rings is 1. The third kappa shape index (κ3) is 4.24. The van der Waals surface area contributed by atoms with Crippen molar-refractivity contribution in [3.8, 4) is 0 Å². The smallest absolute Gasteiger partial charge is 0.325 e. The van der Waals surface area contributed by atoms with E-state index in [1.54, 1.807) is 23.7 Å². The van der Waals surface area contributed by atoms with E-state index in [-0.39, 0.29) is 29.7 Å². The number of amides is 4. The van der Waals surface area contributed by atoms with Gasteiger partial charge in [-0.05, 0) is 55.5 Å². The molecular weight excluding hydrogens is 448 g/mol. The van der Waals surface area contributed by atoms with Gasteiger partial charge in [0.05, 0.1) is 0 Å². The highest BCUT2D eigenvalue weighted by Crippen LogP contribution is 2.41. The number of imide groups is 1. The Kier molecular flexibility index (Phi) is 6.68. The zero-order chi connectivity index (χ0) is 23.5. The topological polar surface area (TPSA) is 82.6 Å². The molecule has 2 aromatic rings. The van der Waals surface area contributed by atoms with E-state index in [9.17, 15) is 14.4 Å². The molecule has 34 heavy (non-hydrogen) atoms. The summed E-state index contributed by atoms with van der Waals surface area (Å²) in [6.07, 6.45) is 10.9. The molecule has 1 unspecified atom stereocenters. The van der Waals surface area contributed by atoms with Gasteiger partial charge in [0, 0.05) is 48.4 Å². The van der Waals surface area contributed by atoms with Crippen LogP contribution in [-0.2, 0) is 21.5 Å². The summed E-state index contributed by atoms with van der Waals surface area (Å²) in [5, 5.41) is 5.09. The third-order valence-corrected chi connectivity index (χ3v) is 8.72. The molecule has 0 radical (unpaired) electrons. The number of nitrogens with one attached hydrogen (secondary N) is 1. The molecule has 5 rings (SSSR count). The SMILES string of the molecule is O=C(C1CCCCC1)N1CCC(C2(c3cccnc3)NC(=O)N(CCc3cccs3)C2=O)CC1. The third-order valence-electron chi connectivity index (χ3n) is 7.78. The number of hydrogen-bond donors (Lipinski definition) is 1. The number of urea groups is 1. The molecule has 1 atom stereocenters. The van der Waals surface area contributed by atoms with Gasteiger partial charge in [0.25, 0.3) is 5.91 Å². The minimum atomic E-state index is -1.12. The summed E-state index contributed by atoms with van der Waals surface area (Å²) in [5.74, 6) is 0.139. The van der Waals surface area contributed by atoms with E-state index in [0.29, 0.717) is 38.9 Å². The van der Waals surface area contributed by atoms with Gasteiger partial charge >= 0.3 is 6.03 Å². The van der Waals surface area contributed by atoms with Gasteiger partial charge in [0.1, 0.15) is 0 Å². The van der Waals surface area contributed by atoms with Crippen LogP contribution in [-0.4, -0.2) is 52.3 Å². The van der Waals surface area contributed by atoms with Gasteiger partial charge in [-0.2, -0.15) is 0 Å². The van der Waals surface area contributed by atoms with Crippen LogP contribution in [0.1, 0.15) is 55.4 Å². The van der Waals surface area contributed by atoms with Crippen molar-refractivity contribution < 1.29 is 14.4 Å². The van der Waals surface area contributed by atoms with Crippen molar-refractivity contribution in [2.24, 2.45) is 11.8 Å². The Bertz CT molecular complexity index is 1010. The second kappa shape index (κ2) is 9.86. The lowest BCUT2D eigenvalue weighted by Gasteiger charge is -2.42. The van der Waals surface area contributed by atoms with Gasteiger partial charge in [0.15, 0.2) is 5.54 Å². The Hall–Kier alpha value is -2.74. The van der Waals surface area contributed by atoms with Crippen LogP contribution >= 0.6 is 11.3 Å². The number of carbonyl (C=O) groups is 3. The van der Waals surface area contributed by atoms with Crippen LogP contribution in [0.5, 0.6) is 0 Å². The Balaban J connectivity index is 1.34. The van der Waals surface area contributed by atoms with Crippen molar-refractivity contribution >= 4 is 29.2 Å². The monoisotopic (exact) mass is 480 g/mol. The minimum Gasteiger partial charge on any atom is -0.342 e. The summed E-state index contributed by atoms with van der Waals surface area (Å²) < 4.78 is 0. The fourth-order valence-corrected chi connectivity index (χ4v) is 6.62. The molecule has 1 saturated carbocycles. The summed E-state index contributed by atoms with van der Waals surface area (Å²) in [5.41, 5.74) is -0.398. The number of rotatable bonds is 6. The first-order valence-corrected chi connectivity index (χ1v) is 13.3. The highest BCUT2D eigenvalue weighted by Gasteiger charge is 2.57. The molecule has 8 heteroatoms. The van der Waals surface area contributed by atoms with Crippen LogP contribution in [0.15, 0.2) is 42.0 Å². The molecule has 1 aliphatic carbocycles. The van der Waals surface area contributed by atoms with Crippen molar-refractivity contribution in [3.05, 3.63) is 52.5 Å². The van der Waals surface area contributed by atoms with Gasteiger partial charge in [-0.15, -0.1) is 11.3 Å². The highest BCUT2D eigenvalue weighted by atomic mass is 32.1. The number of hydrogen-bond acceptors (Lipinski definition) is 5. The standard InChI is InChI=1S/C26H32N4O3S/c31-23(19-6-2-1-3-7-19)29-14-10-20(11-15-29)26(21-8-4-13-27-18-21)24(32)30(25(33)28-26)16-12-22-9-5-17-34-22/h4-5,8-9,13,17-20H,1-3,6-7,10-12,14-16H2,(H,28,33). The van der Waals surface area contributed by atoms with Crippen molar-refractivity contribution in [1.82, 2.24) is 20.1 Å². The maximum absolute atomic E-state index is 13.9. The van der Waals surface area contributed by atoms with E-state index in [1.165, 1.54) is 11.3 Å². The first-order valence-electron chi connectivity index (χ1n) is 12.5. The molecule has 3 fully saturated rings. The van der Waals surface area contributed by atoms with Crippen LogP contribution in [0.4, 0.5) is 4.79 Å². The van der Waals surface area contributed by atoms with Crippen molar-refractivity contribution in [3.63, 3.8) is 0 Å². The molecule has 4 heterocycles. The molecule has 2 saturated heterocycles. The van der Waals surface area contributed by atoms with Crippen LogP contribution < -0.4 is 5.32 Å². The maximum atomic E-state index is 13.9. The number of nitrogens with zero attached hydrogens (tertiary/aromatic N) is 3. The zero-order valence-electron chi connectivity index (χ0n) is 19.4. The minimum absolute atomic E-state index is 0.0877. The summed E-state index contributed by atoms with van der Waals surface area (Å²) >= 11 is 1.63. The molecule has 2 aliphatic heterocycles. The molecule has 1 N–H and O–H groups in total. The molecule has 2 aromatic heterocycles. The van der Waals surface area contributed by atoms with E-state index < -0.39 is 5.54 Å². The second-order valence-electron chi connectivity index (χ2n) is 9.70. The van der Waals surface area contributed by atoms with Gasteiger partial charge < -0.3 is 10.2 Å². The van der Waals surface area contributed by atoms with Gasteiger partial charge in [-0.1, -0.05) is 31.4 Å². The first-order chi connectivity index (χ1) is 16.6. The number of aromatic nitrogens is 1. The average Bonchev–Trinajstić information content (AvgIpc) is 3.50. The highest BCUT2D eigenvalue weighted by molar-refractivity contribution is 7.09. The van der Waals surface area contributed by atoms with E-state index >= 15 is 0 Å². The lowest BCUT2D eigenvalue weighted by molar-refractivity contribution is -0.139. The molecule has 0 aromatic carbocycles. The maximum Gasteiger partial charge on any atom is 0.325 e. The Morgan fingerprint density at radius 1 is 1.09 bits per heavy atom. The molecule has 0 bridgehead atoms. The number of thiophene rings is 1. The normalized spacial score (nSPS) is 24.5. The molecule has 0 spiro atoms. The molecule has 3 aliphatic rings. The molecule has 4 amide bonds. The lowest BCUT2D eigenvalue weighted by Crippen LogP contribution is -2.54. The van der Waals surface area contributed by atoms with Crippen molar-refractivity contribution in [1.29, 1.82) is 0 Å². The summed E-state index contributed by atoms with van der Waals surface area (Å²) in [6.45, 7) is 1.60. The fraction of sp³-hybridized carbons (Fsp3) is 0.538. The fourth-order valence-electron chi connectivity index (χ4n) is 5.92. The van der Waals surface area contributed by atoms with Crippen LogP contribution in [0.3, 0.4) is 0 Å². The van der Waals surface area contributed by atoms with Crippen LogP contribution in [0.25, 0.3) is 0 Å². The number of carbonyl (C=O) groups excluding carboxylic acids is 3. The first kappa shape index (κ1) is 23.0. The van der Waals surface area contributed by atoms with Gasteiger partial charge in [-0.3, -0.25) is 19.5 Å². The van der Waals surface area contributed by atoms with Crippen LogP contribution in [0, 0.1) is 11.8 Å². The largest absolute Gasteiger partial charge is 0.342 e. The summed E-state index contributed by atoms with van der Waals surface area (Å²) in [7, 11) is 0.